The Morgan fingerprint density at radius 3 is 2.52 bits per heavy atom. The van der Waals surface area contributed by atoms with Crippen molar-refractivity contribution in [1.29, 1.82) is 0 Å². The summed E-state index contributed by atoms with van der Waals surface area (Å²) in [5.41, 5.74) is 6.81. The molecule has 0 radical (unpaired) electrons. The fourth-order valence-electron chi connectivity index (χ4n) is 2.13. The van der Waals surface area contributed by atoms with Crippen molar-refractivity contribution in [1.82, 2.24) is 0 Å². The number of aliphatic hydroxyl groups is 1. The Kier molecular flexibility index (Phi) is 7.14. The van der Waals surface area contributed by atoms with Crippen molar-refractivity contribution < 1.29 is 19.4 Å². The average molecular weight is 368 g/mol. The fraction of sp³-hybridized carbons (Fsp3) is 0.238. The number of aliphatic hydroxyl groups excluding tert-OH is 1. The molecule has 0 bridgehead atoms. The Balaban J connectivity index is 2.29. The first kappa shape index (κ1) is 20.2. The third kappa shape index (κ3) is 6.27. The van der Waals surface area contributed by atoms with Gasteiger partial charge in [0.25, 0.3) is 5.91 Å². The van der Waals surface area contributed by atoms with Crippen LogP contribution < -0.4 is 15.2 Å². The number of nitrogens with zero attached hydrogens (tertiary/aromatic N) is 1. The second kappa shape index (κ2) is 9.54. The van der Waals surface area contributed by atoms with E-state index in [1.165, 1.54) is 12.1 Å². The van der Waals surface area contributed by atoms with E-state index in [-0.39, 0.29) is 11.4 Å². The molecule has 0 spiro atoms. The van der Waals surface area contributed by atoms with Gasteiger partial charge in [-0.05, 0) is 37.6 Å². The number of carbonyl (C=O) groups excluding carboxylic acids is 1. The Labute approximate surface area is 159 Å². The molecule has 6 heteroatoms. The molecule has 0 aliphatic heterocycles. The van der Waals surface area contributed by atoms with Gasteiger partial charge in [0, 0.05) is 11.6 Å². The number of amidine groups is 1. The lowest BCUT2D eigenvalue weighted by Crippen LogP contribution is -2.25. The van der Waals surface area contributed by atoms with E-state index < -0.39 is 18.1 Å². The van der Waals surface area contributed by atoms with Crippen molar-refractivity contribution >= 4 is 11.7 Å². The molecule has 2 unspecified atom stereocenters. The van der Waals surface area contributed by atoms with E-state index in [4.69, 9.17) is 15.2 Å². The van der Waals surface area contributed by atoms with Crippen LogP contribution in [-0.2, 0) is 6.61 Å². The summed E-state index contributed by atoms with van der Waals surface area (Å²) < 4.78 is 11.5. The van der Waals surface area contributed by atoms with Crippen LogP contribution in [0.15, 0.2) is 66.2 Å². The topological polar surface area (TPSA) is 94.1 Å². The van der Waals surface area contributed by atoms with Crippen LogP contribution in [0.4, 0.5) is 0 Å². The third-order valence-electron chi connectivity index (χ3n) is 3.82. The van der Waals surface area contributed by atoms with Crippen molar-refractivity contribution in [2.75, 3.05) is 0 Å². The number of hydrogen-bond acceptors (Lipinski definition) is 4. The molecule has 6 nitrogen and oxygen atoms in total. The maximum Gasteiger partial charge on any atom is 0.279 e. The molecule has 2 aromatic carbocycles. The Bertz CT molecular complexity index is 816. The van der Waals surface area contributed by atoms with Crippen molar-refractivity contribution in [2.24, 2.45) is 10.7 Å². The van der Waals surface area contributed by atoms with Gasteiger partial charge in [-0.25, -0.2) is 0 Å². The van der Waals surface area contributed by atoms with Crippen LogP contribution in [-0.4, -0.2) is 29.1 Å². The highest BCUT2D eigenvalue weighted by molar-refractivity contribution is 6.06. The second-order valence-corrected chi connectivity index (χ2v) is 6.08. The van der Waals surface area contributed by atoms with E-state index in [2.05, 4.69) is 11.6 Å². The molecule has 3 N–H and O–H groups in total. The third-order valence-corrected chi connectivity index (χ3v) is 3.82. The molecule has 27 heavy (non-hydrogen) atoms. The normalized spacial score (nSPS) is 13.5. The van der Waals surface area contributed by atoms with Gasteiger partial charge in [-0.1, -0.05) is 36.9 Å². The van der Waals surface area contributed by atoms with Gasteiger partial charge in [-0.15, -0.1) is 0 Å². The first-order chi connectivity index (χ1) is 12.9. The minimum Gasteiger partial charge on any atom is -0.489 e. The number of hydrogen-bond donors (Lipinski definition) is 2. The van der Waals surface area contributed by atoms with Crippen molar-refractivity contribution in [3.63, 3.8) is 0 Å². The highest BCUT2D eigenvalue weighted by Crippen LogP contribution is 2.26. The van der Waals surface area contributed by atoms with Gasteiger partial charge in [0.15, 0.2) is 0 Å². The van der Waals surface area contributed by atoms with Gasteiger partial charge in [0.2, 0.25) is 0 Å². The number of ether oxygens (including phenoxy) is 2. The average Bonchev–Trinajstić information content (AvgIpc) is 2.66. The quantitative estimate of drug-likeness (QED) is 0.551. The molecule has 2 rings (SSSR count). The van der Waals surface area contributed by atoms with E-state index in [1.807, 2.05) is 30.3 Å². The molecule has 142 valence electrons. The second-order valence-electron chi connectivity index (χ2n) is 6.08. The number of amides is 1. The number of rotatable bonds is 8. The zero-order valence-corrected chi connectivity index (χ0v) is 15.5. The maximum absolute atomic E-state index is 12.3. The summed E-state index contributed by atoms with van der Waals surface area (Å²) in [5, 5.41) is 9.66. The van der Waals surface area contributed by atoms with Crippen LogP contribution in [0.2, 0.25) is 0 Å². The maximum atomic E-state index is 12.3. The molecule has 0 heterocycles. The smallest absolute Gasteiger partial charge is 0.279 e. The van der Waals surface area contributed by atoms with Gasteiger partial charge in [-0.2, -0.15) is 4.99 Å². The summed E-state index contributed by atoms with van der Waals surface area (Å²) in [6.45, 7) is 7.17. The Morgan fingerprint density at radius 1 is 1.22 bits per heavy atom. The minimum atomic E-state index is -0.674. The number of benzene rings is 2. The predicted octanol–water partition coefficient (Wildman–Crippen LogP) is 3.10. The van der Waals surface area contributed by atoms with Crippen molar-refractivity contribution in [3.05, 3.63) is 72.3 Å². The van der Waals surface area contributed by atoms with Gasteiger partial charge in [-0.3, -0.25) is 4.79 Å². The molecule has 0 fully saturated rings. The van der Waals surface area contributed by atoms with E-state index in [0.717, 1.165) is 5.56 Å². The van der Waals surface area contributed by atoms with E-state index >= 15 is 0 Å². The predicted molar refractivity (Wildman–Crippen MR) is 105 cm³/mol. The highest BCUT2D eigenvalue weighted by Gasteiger charge is 2.15. The lowest BCUT2D eigenvalue weighted by atomic mass is 10.1. The fourth-order valence-corrected chi connectivity index (χ4v) is 2.13. The summed E-state index contributed by atoms with van der Waals surface area (Å²) in [5.74, 6) is 0.331. The monoisotopic (exact) mass is 368 g/mol. The van der Waals surface area contributed by atoms with Crippen molar-refractivity contribution in [2.45, 2.75) is 32.7 Å². The SMILES string of the molecule is C=CC(N)=NC(=O)c1cc(OCc2ccccc2)cc(OC(C)C(C)O)c1. The summed E-state index contributed by atoms with van der Waals surface area (Å²) in [6.07, 6.45) is 0.159. The molecule has 2 aromatic rings. The first-order valence-electron chi connectivity index (χ1n) is 8.56. The molecule has 0 saturated heterocycles. The van der Waals surface area contributed by atoms with E-state index in [9.17, 15) is 9.90 Å². The molecular formula is C21H24N2O4. The Hall–Kier alpha value is -3.12. The minimum absolute atomic E-state index is 0.0235. The van der Waals surface area contributed by atoms with Crippen LogP contribution in [0, 0.1) is 0 Å². The number of carbonyl (C=O) groups is 1. The Morgan fingerprint density at radius 2 is 1.89 bits per heavy atom. The summed E-state index contributed by atoms with van der Waals surface area (Å²) in [7, 11) is 0. The molecule has 0 saturated carbocycles. The van der Waals surface area contributed by atoms with E-state index in [0.29, 0.717) is 18.1 Å². The lowest BCUT2D eigenvalue weighted by molar-refractivity contribution is 0.0601. The zero-order chi connectivity index (χ0) is 19.8. The van der Waals surface area contributed by atoms with Crippen LogP contribution in [0.5, 0.6) is 11.5 Å². The first-order valence-corrected chi connectivity index (χ1v) is 8.56. The molecule has 0 aliphatic rings. The number of aliphatic imine (C=N–C) groups is 1. The van der Waals surface area contributed by atoms with E-state index in [1.54, 1.807) is 26.0 Å². The van der Waals surface area contributed by atoms with Crippen molar-refractivity contribution in [3.8, 4) is 11.5 Å². The molecule has 2 atom stereocenters. The molecule has 0 aromatic heterocycles. The van der Waals surface area contributed by atoms with Crippen LogP contribution in [0.3, 0.4) is 0 Å². The highest BCUT2D eigenvalue weighted by atomic mass is 16.5. The van der Waals surface area contributed by atoms with Crippen LogP contribution in [0.25, 0.3) is 0 Å². The van der Waals surface area contributed by atoms with Gasteiger partial charge in [0.1, 0.15) is 30.0 Å². The van der Waals surface area contributed by atoms with Gasteiger partial charge >= 0.3 is 0 Å². The van der Waals surface area contributed by atoms with Crippen LogP contribution in [0.1, 0.15) is 29.8 Å². The number of nitrogens with two attached hydrogens (primary N) is 1. The molecule has 1 amide bonds. The zero-order valence-electron chi connectivity index (χ0n) is 15.5. The standard InChI is InChI=1S/C21H24N2O4/c1-4-20(22)23-21(25)17-10-18(26-13-16-8-6-5-7-9-16)12-19(11-17)27-15(3)14(2)24/h4-12,14-15,24H,1,13H2,2-3H3,(H2,22,23,25). The lowest BCUT2D eigenvalue weighted by Gasteiger charge is -2.18. The van der Waals surface area contributed by atoms with Gasteiger partial charge in [0.05, 0.1) is 6.10 Å². The summed E-state index contributed by atoms with van der Waals surface area (Å²) in [4.78, 5) is 16.1. The summed E-state index contributed by atoms with van der Waals surface area (Å²) >= 11 is 0. The van der Waals surface area contributed by atoms with Gasteiger partial charge < -0.3 is 20.3 Å². The molecule has 0 aliphatic carbocycles. The largest absolute Gasteiger partial charge is 0.489 e. The van der Waals surface area contributed by atoms with Crippen LogP contribution >= 0.6 is 0 Å². The molecular weight excluding hydrogens is 344 g/mol. The summed E-state index contributed by atoms with van der Waals surface area (Å²) in [6, 6.07) is 14.4.